The lowest BCUT2D eigenvalue weighted by Gasteiger charge is -2.20. The molecule has 1 aromatic rings. The van der Waals surface area contributed by atoms with Crippen molar-refractivity contribution in [3.05, 3.63) is 12.3 Å². The number of nitrogens with two attached hydrogens (primary N) is 1. The van der Waals surface area contributed by atoms with Crippen LogP contribution in [0.1, 0.15) is 13.8 Å². The summed E-state index contributed by atoms with van der Waals surface area (Å²) in [5.41, 5.74) is 5.16. The Morgan fingerprint density at radius 1 is 1.56 bits per heavy atom. The summed E-state index contributed by atoms with van der Waals surface area (Å²) in [6, 6.07) is 1.76. The second kappa shape index (κ2) is 5.89. The van der Waals surface area contributed by atoms with Gasteiger partial charge < -0.3 is 16.0 Å². The third kappa shape index (κ3) is 3.38. The minimum Gasteiger partial charge on any atom is -0.368 e. The van der Waals surface area contributed by atoms with Gasteiger partial charge in [0.05, 0.1) is 6.54 Å². The molecule has 0 saturated heterocycles. The first kappa shape index (κ1) is 12.2. The quantitative estimate of drug-likeness (QED) is 0.720. The first-order valence-corrected chi connectivity index (χ1v) is 5.27. The van der Waals surface area contributed by atoms with Crippen LogP contribution in [0, 0.1) is 0 Å². The number of aromatic nitrogens is 2. The molecular formula is C10H17N5O. The van der Waals surface area contributed by atoms with Crippen molar-refractivity contribution in [2.75, 3.05) is 29.9 Å². The van der Waals surface area contributed by atoms with Crippen molar-refractivity contribution in [1.29, 1.82) is 0 Å². The molecule has 0 bridgehead atoms. The average Bonchev–Trinajstić information content (AvgIpc) is 2.26. The van der Waals surface area contributed by atoms with E-state index < -0.39 is 0 Å². The molecule has 6 heteroatoms. The highest BCUT2D eigenvalue weighted by Crippen LogP contribution is 2.11. The molecule has 1 aromatic heterocycles. The fourth-order valence-corrected chi connectivity index (χ4v) is 1.31. The zero-order valence-electron chi connectivity index (χ0n) is 9.60. The van der Waals surface area contributed by atoms with Crippen molar-refractivity contribution in [2.45, 2.75) is 13.8 Å². The molecule has 16 heavy (non-hydrogen) atoms. The Bertz CT molecular complexity index is 355. The van der Waals surface area contributed by atoms with Crippen LogP contribution in [0.3, 0.4) is 0 Å². The number of carbonyl (C=O) groups is 1. The maximum absolute atomic E-state index is 10.9. The van der Waals surface area contributed by atoms with Crippen molar-refractivity contribution in [2.24, 2.45) is 5.73 Å². The summed E-state index contributed by atoms with van der Waals surface area (Å²) in [5, 5.41) is 3.02. The minimum absolute atomic E-state index is 0.166. The standard InChI is InChI=1S/C10H17N5O/c1-3-12-10-13-6-5-9(14-10)15(4-2)7-8(11)16/h5-6H,3-4,7H2,1-2H3,(H2,11,16)(H,12,13,14). The normalized spacial score (nSPS) is 9.88. The first-order valence-electron chi connectivity index (χ1n) is 5.27. The van der Waals surface area contributed by atoms with Crippen molar-refractivity contribution in [3.8, 4) is 0 Å². The molecule has 1 amide bonds. The monoisotopic (exact) mass is 223 g/mol. The van der Waals surface area contributed by atoms with Gasteiger partial charge >= 0.3 is 0 Å². The number of likely N-dealkylation sites (N-methyl/N-ethyl adjacent to an activating group) is 1. The van der Waals surface area contributed by atoms with Gasteiger partial charge in [-0.05, 0) is 19.9 Å². The number of carbonyl (C=O) groups excluding carboxylic acids is 1. The molecule has 88 valence electrons. The number of nitrogens with zero attached hydrogens (tertiary/aromatic N) is 3. The summed E-state index contributed by atoms with van der Waals surface area (Å²) >= 11 is 0. The second-order valence-corrected chi connectivity index (χ2v) is 3.25. The van der Waals surface area contributed by atoms with Gasteiger partial charge in [-0.3, -0.25) is 4.79 Å². The van der Waals surface area contributed by atoms with Gasteiger partial charge in [-0.1, -0.05) is 0 Å². The van der Waals surface area contributed by atoms with E-state index in [1.807, 2.05) is 13.8 Å². The van der Waals surface area contributed by atoms with E-state index in [0.717, 1.165) is 6.54 Å². The zero-order chi connectivity index (χ0) is 12.0. The van der Waals surface area contributed by atoms with Crippen molar-refractivity contribution in [3.63, 3.8) is 0 Å². The Morgan fingerprint density at radius 2 is 2.31 bits per heavy atom. The molecule has 3 N–H and O–H groups in total. The SMILES string of the molecule is CCNc1nccc(N(CC)CC(N)=O)n1. The van der Waals surface area contributed by atoms with Crippen LogP contribution in [-0.4, -0.2) is 35.5 Å². The van der Waals surface area contributed by atoms with Crippen LogP contribution >= 0.6 is 0 Å². The van der Waals surface area contributed by atoms with Crippen LogP contribution in [0.15, 0.2) is 12.3 Å². The maximum atomic E-state index is 10.9. The minimum atomic E-state index is -0.370. The third-order valence-corrected chi connectivity index (χ3v) is 2.03. The summed E-state index contributed by atoms with van der Waals surface area (Å²) in [6.45, 7) is 5.50. The first-order chi connectivity index (χ1) is 7.67. The molecule has 0 aliphatic carbocycles. The fourth-order valence-electron chi connectivity index (χ4n) is 1.31. The van der Waals surface area contributed by atoms with E-state index in [1.165, 1.54) is 0 Å². The average molecular weight is 223 g/mol. The molecular weight excluding hydrogens is 206 g/mol. The van der Waals surface area contributed by atoms with Gasteiger partial charge in [0, 0.05) is 19.3 Å². The van der Waals surface area contributed by atoms with Crippen LogP contribution < -0.4 is 16.0 Å². The van der Waals surface area contributed by atoms with Gasteiger partial charge in [0.25, 0.3) is 0 Å². The van der Waals surface area contributed by atoms with Crippen LogP contribution in [0.2, 0.25) is 0 Å². The molecule has 0 saturated carbocycles. The molecule has 1 heterocycles. The highest BCUT2D eigenvalue weighted by Gasteiger charge is 2.09. The van der Waals surface area contributed by atoms with Crippen LogP contribution in [0.5, 0.6) is 0 Å². The fraction of sp³-hybridized carbons (Fsp3) is 0.500. The molecule has 0 aliphatic rings. The number of anilines is 2. The number of hydrogen-bond donors (Lipinski definition) is 2. The molecule has 1 rings (SSSR count). The summed E-state index contributed by atoms with van der Waals surface area (Å²) < 4.78 is 0. The molecule has 6 nitrogen and oxygen atoms in total. The third-order valence-electron chi connectivity index (χ3n) is 2.03. The van der Waals surface area contributed by atoms with Gasteiger partial charge in [-0.2, -0.15) is 4.98 Å². The van der Waals surface area contributed by atoms with E-state index >= 15 is 0 Å². The summed E-state index contributed by atoms with van der Waals surface area (Å²) in [4.78, 5) is 21.0. The maximum Gasteiger partial charge on any atom is 0.236 e. The Kier molecular flexibility index (Phi) is 4.50. The number of primary amides is 1. The molecule has 0 radical (unpaired) electrons. The van der Waals surface area contributed by atoms with Gasteiger partial charge in [-0.15, -0.1) is 0 Å². The Hall–Kier alpha value is -1.85. The van der Waals surface area contributed by atoms with Gasteiger partial charge in [0.2, 0.25) is 11.9 Å². The predicted octanol–water partition coefficient (Wildman–Crippen LogP) is 0.220. The molecule has 0 fully saturated rings. The molecule has 0 spiro atoms. The van der Waals surface area contributed by atoms with Crippen LogP contribution in [-0.2, 0) is 4.79 Å². The Morgan fingerprint density at radius 3 is 2.88 bits per heavy atom. The van der Waals surface area contributed by atoms with Gasteiger partial charge in [0.1, 0.15) is 5.82 Å². The van der Waals surface area contributed by atoms with Gasteiger partial charge in [-0.25, -0.2) is 4.98 Å². The lowest BCUT2D eigenvalue weighted by molar-refractivity contribution is -0.116. The Balaban J connectivity index is 2.83. The smallest absolute Gasteiger partial charge is 0.236 e. The summed E-state index contributed by atoms with van der Waals surface area (Å²) in [6.07, 6.45) is 1.66. The predicted molar refractivity (Wildman–Crippen MR) is 63.3 cm³/mol. The highest BCUT2D eigenvalue weighted by molar-refractivity contribution is 5.79. The summed E-state index contributed by atoms with van der Waals surface area (Å²) in [7, 11) is 0. The van der Waals surface area contributed by atoms with Gasteiger partial charge in [0.15, 0.2) is 0 Å². The van der Waals surface area contributed by atoms with E-state index in [4.69, 9.17) is 5.73 Å². The van der Waals surface area contributed by atoms with E-state index in [9.17, 15) is 4.79 Å². The number of rotatable bonds is 6. The Labute approximate surface area is 94.9 Å². The molecule has 0 atom stereocenters. The van der Waals surface area contributed by atoms with E-state index in [-0.39, 0.29) is 12.5 Å². The van der Waals surface area contributed by atoms with Crippen molar-refractivity contribution < 1.29 is 4.79 Å². The number of nitrogens with one attached hydrogen (secondary N) is 1. The van der Waals surface area contributed by atoms with E-state index in [1.54, 1.807) is 17.2 Å². The summed E-state index contributed by atoms with van der Waals surface area (Å²) in [5.74, 6) is 0.889. The van der Waals surface area contributed by atoms with Crippen LogP contribution in [0.4, 0.5) is 11.8 Å². The second-order valence-electron chi connectivity index (χ2n) is 3.25. The van der Waals surface area contributed by atoms with Crippen molar-refractivity contribution in [1.82, 2.24) is 9.97 Å². The molecule has 0 aromatic carbocycles. The zero-order valence-corrected chi connectivity index (χ0v) is 9.60. The molecule has 0 aliphatic heterocycles. The number of amides is 1. The largest absolute Gasteiger partial charge is 0.368 e. The van der Waals surface area contributed by atoms with Crippen molar-refractivity contribution >= 4 is 17.7 Å². The highest BCUT2D eigenvalue weighted by atomic mass is 16.1. The van der Waals surface area contributed by atoms with Crippen LogP contribution in [0.25, 0.3) is 0 Å². The molecule has 0 unspecified atom stereocenters. The lowest BCUT2D eigenvalue weighted by atomic mass is 10.4. The topological polar surface area (TPSA) is 84.1 Å². The van der Waals surface area contributed by atoms with E-state index in [2.05, 4.69) is 15.3 Å². The number of hydrogen-bond acceptors (Lipinski definition) is 5. The lowest BCUT2D eigenvalue weighted by Crippen LogP contribution is -2.34. The van der Waals surface area contributed by atoms with E-state index in [0.29, 0.717) is 18.3 Å².